The second-order valence-corrected chi connectivity index (χ2v) is 12.7. The van der Waals surface area contributed by atoms with Gasteiger partial charge in [-0.05, 0) is 63.2 Å². The second kappa shape index (κ2) is 24.3. The molecule has 0 fully saturated rings. The fraction of sp³-hybridized carbons (Fsp3) is 0.175. The molecular weight excluding hydrogens is 788 g/mol. The number of nitrogens with zero attached hydrogens (tertiary/aromatic N) is 6. The fourth-order valence-electron chi connectivity index (χ4n) is 4.77. The van der Waals surface area contributed by atoms with Crippen LogP contribution in [0.5, 0.6) is 0 Å². The van der Waals surface area contributed by atoms with Crippen molar-refractivity contribution in [3.05, 3.63) is 131 Å². The average molecular weight is 835 g/mol. The minimum Gasteiger partial charge on any atom is -0.369 e. The van der Waals surface area contributed by atoms with Crippen LogP contribution in [-0.2, 0) is 0 Å². The van der Waals surface area contributed by atoms with E-state index in [2.05, 4.69) is 72.4 Å². The van der Waals surface area contributed by atoms with Gasteiger partial charge in [-0.15, -0.1) is 0 Å². The predicted octanol–water partition coefficient (Wildman–Crippen LogP) is 6.68. The maximum absolute atomic E-state index is 11.9. The van der Waals surface area contributed by atoms with Crippen LogP contribution in [0.1, 0.15) is 17.1 Å². The number of urea groups is 3. The summed E-state index contributed by atoms with van der Waals surface area (Å²) in [4.78, 5) is 60.1. The lowest BCUT2D eigenvalue weighted by Crippen LogP contribution is -2.21. The fourth-order valence-corrected chi connectivity index (χ4v) is 5.01. The summed E-state index contributed by atoms with van der Waals surface area (Å²) in [6.07, 6.45) is 0. The molecule has 19 nitrogen and oxygen atoms in total. The van der Waals surface area contributed by atoms with Gasteiger partial charge in [0, 0.05) is 72.5 Å². The van der Waals surface area contributed by atoms with Crippen LogP contribution in [0.2, 0.25) is 5.15 Å². The number of carbonyl (C=O) groups is 3. The molecule has 0 aliphatic rings. The molecule has 12 N–H and O–H groups in total. The molecule has 0 aliphatic heterocycles. The maximum Gasteiger partial charge on any atom is 0.326 e. The number of aromatic nitrogens is 6. The van der Waals surface area contributed by atoms with Gasteiger partial charge in [-0.3, -0.25) is 16.0 Å². The third-order valence-electron chi connectivity index (χ3n) is 7.20. The number of nitrogens with two attached hydrogens (primary N) is 2. The van der Waals surface area contributed by atoms with Crippen molar-refractivity contribution in [3.63, 3.8) is 0 Å². The molecule has 6 amide bonds. The van der Waals surface area contributed by atoms with Crippen LogP contribution in [0.25, 0.3) is 0 Å². The quantitative estimate of drug-likeness (QED) is 0.0577. The second-order valence-electron chi connectivity index (χ2n) is 12.4. The van der Waals surface area contributed by atoms with Gasteiger partial charge < -0.3 is 38.1 Å². The van der Waals surface area contributed by atoms with Gasteiger partial charge in [0.2, 0.25) is 17.8 Å². The average Bonchev–Trinajstić information content (AvgIpc) is 3.20. The summed E-state index contributed by atoms with van der Waals surface area (Å²) in [5, 5.41) is 22.2. The van der Waals surface area contributed by atoms with Gasteiger partial charge in [0.1, 0.15) is 16.8 Å². The molecule has 0 aliphatic carbocycles. The third-order valence-corrected chi connectivity index (χ3v) is 7.40. The molecule has 60 heavy (non-hydrogen) atoms. The first-order valence-electron chi connectivity index (χ1n) is 18.5. The van der Waals surface area contributed by atoms with Crippen molar-refractivity contribution in [1.29, 1.82) is 0 Å². The van der Waals surface area contributed by atoms with E-state index in [0.717, 1.165) is 11.4 Å². The van der Waals surface area contributed by atoms with Crippen molar-refractivity contribution < 1.29 is 14.4 Å². The lowest BCUT2D eigenvalue weighted by atomic mass is 10.3. The van der Waals surface area contributed by atoms with Gasteiger partial charge in [0.25, 0.3) is 0 Å². The minimum absolute atomic E-state index is 0.174. The Hall–Kier alpha value is -7.48. The Morgan fingerprint density at radius 3 is 1.10 bits per heavy atom. The Morgan fingerprint density at radius 2 is 0.783 bits per heavy atom. The van der Waals surface area contributed by atoms with E-state index in [1.54, 1.807) is 61.5 Å². The molecule has 0 saturated heterocycles. The van der Waals surface area contributed by atoms with Crippen molar-refractivity contribution in [2.45, 2.75) is 20.8 Å². The first-order chi connectivity index (χ1) is 29.0. The molecule has 0 spiro atoms. The highest BCUT2D eigenvalue weighted by molar-refractivity contribution is 6.29. The van der Waals surface area contributed by atoms with Gasteiger partial charge in [-0.1, -0.05) is 66.2 Å². The molecule has 6 aromatic rings. The molecule has 6 rings (SSSR count). The first-order valence-corrected chi connectivity index (χ1v) is 18.9. The van der Waals surface area contributed by atoms with Crippen molar-refractivity contribution in [2.24, 2.45) is 11.5 Å². The monoisotopic (exact) mass is 834 g/mol. The number of benzene rings is 3. The van der Waals surface area contributed by atoms with Gasteiger partial charge in [-0.2, -0.15) is 9.97 Å². The number of rotatable bonds is 12. The van der Waals surface area contributed by atoms with Gasteiger partial charge >= 0.3 is 18.1 Å². The minimum atomic E-state index is -0.414. The predicted molar refractivity (Wildman–Crippen MR) is 238 cm³/mol. The van der Waals surface area contributed by atoms with Crippen LogP contribution in [0.3, 0.4) is 0 Å². The van der Waals surface area contributed by atoms with Gasteiger partial charge in [0.05, 0.1) is 0 Å². The molecular formula is C40H47ClN16O3. The molecule has 20 heteroatoms. The molecule has 0 radical (unpaired) electrons. The lowest BCUT2D eigenvalue weighted by Gasteiger charge is -2.09. The largest absolute Gasteiger partial charge is 0.369 e. The number of hydrogen-bond donors (Lipinski definition) is 10. The lowest BCUT2D eigenvalue weighted by molar-refractivity contribution is 0.261. The Kier molecular flexibility index (Phi) is 18.3. The summed E-state index contributed by atoms with van der Waals surface area (Å²) in [7, 11) is 0. The molecule has 0 unspecified atom stereocenters. The third kappa shape index (κ3) is 17.3. The van der Waals surface area contributed by atoms with E-state index >= 15 is 0 Å². The Bertz CT molecular complexity index is 2140. The molecule has 312 valence electrons. The number of halogens is 1. The number of carbonyl (C=O) groups excluding carboxylic acids is 3. The molecule has 0 saturated carbocycles. The highest BCUT2D eigenvalue weighted by Crippen LogP contribution is 2.13. The normalized spacial score (nSPS) is 9.97. The van der Waals surface area contributed by atoms with Crippen LogP contribution >= 0.6 is 11.6 Å². The van der Waals surface area contributed by atoms with E-state index in [1.165, 1.54) is 0 Å². The Morgan fingerprint density at radius 1 is 0.467 bits per heavy atom. The van der Waals surface area contributed by atoms with Crippen LogP contribution in [-0.4, -0.2) is 74.2 Å². The van der Waals surface area contributed by atoms with Crippen molar-refractivity contribution >= 4 is 76.2 Å². The van der Waals surface area contributed by atoms with Gasteiger partial charge in [0.15, 0.2) is 0 Å². The zero-order valence-corrected chi connectivity index (χ0v) is 33.9. The number of amides is 6. The number of para-hydroxylation sites is 3. The number of nitrogens with one attached hydrogen (secondary N) is 8. The molecule has 3 aromatic carbocycles. The SMILES string of the molecule is Cc1cc(Cl)nc(NC(=O)Nc2ccccc2)n1.Cc1cc(NCCN)nc(NC(=O)Nc2ccccc2)n1.Cc1cc(NCCN)nc(NC(=O)Nc2ccccc2)n1. The molecule has 0 atom stereocenters. The zero-order valence-electron chi connectivity index (χ0n) is 33.2. The number of anilines is 8. The van der Waals surface area contributed by atoms with E-state index in [1.807, 2.05) is 68.4 Å². The molecule has 3 aromatic heterocycles. The maximum atomic E-state index is 11.9. The molecule has 3 heterocycles. The smallest absolute Gasteiger partial charge is 0.326 e. The summed E-state index contributed by atoms with van der Waals surface area (Å²) in [5.74, 6) is 1.91. The van der Waals surface area contributed by atoms with Crippen LogP contribution < -0.4 is 54.0 Å². The van der Waals surface area contributed by atoms with E-state index < -0.39 is 18.1 Å². The summed E-state index contributed by atoms with van der Waals surface area (Å²) in [6.45, 7) is 7.64. The Labute approximate surface area is 352 Å². The first kappa shape index (κ1) is 45.2. The standard InChI is InChI=1S/2C14H18N6O.C12H11ClN4O/c2*1-10-9-12(16-8-7-15)19-13(17-10)20-14(21)18-11-5-3-2-4-6-11;1-8-7-10(13)16-11(14-8)17-12(18)15-9-5-3-2-4-6-9/h2*2-6,9H,7-8,15H2,1H3,(H3,16,17,18,19,20,21);2-7H,1H3,(H2,14,15,16,17,18). The highest BCUT2D eigenvalue weighted by Gasteiger charge is 2.09. The topological polar surface area (TPSA) is 277 Å². The van der Waals surface area contributed by atoms with E-state index in [-0.39, 0.29) is 23.0 Å². The van der Waals surface area contributed by atoms with E-state index in [4.69, 9.17) is 23.1 Å². The van der Waals surface area contributed by atoms with Crippen LogP contribution in [0.15, 0.2) is 109 Å². The van der Waals surface area contributed by atoms with E-state index in [0.29, 0.717) is 60.6 Å². The summed E-state index contributed by atoms with van der Waals surface area (Å²) in [6, 6.07) is 31.4. The van der Waals surface area contributed by atoms with Crippen molar-refractivity contribution in [3.8, 4) is 0 Å². The number of aryl methyl sites for hydroxylation is 3. The Balaban J connectivity index is 0.000000199. The number of hydrogen-bond acceptors (Lipinski definition) is 13. The van der Waals surface area contributed by atoms with Crippen LogP contribution in [0, 0.1) is 20.8 Å². The van der Waals surface area contributed by atoms with Gasteiger partial charge in [-0.25, -0.2) is 34.3 Å². The van der Waals surface area contributed by atoms with E-state index in [9.17, 15) is 14.4 Å². The zero-order chi connectivity index (χ0) is 43.1. The van der Waals surface area contributed by atoms with Crippen molar-refractivity contribution in [1.82, 2.24) is 29.9 Å². The highest BCUT2D eigenvalue weighted by atomic mass is 35.5. The summed E-state index contributed by atoms with van der Waals surface area (Å²) in [5.41, 5.74) is 15.1. The van der Waals surface area contributed by atoms with Crippen LogP contribution in [0.4, 0.5) is 60.9 Å². The summed E-state index contributed by atoms with van der Waals surface area (Å²) >= 11 is 5.77. The molecule has 0 bridgehead atoms. The summed E-state index contributed by atoms with van der Waals surface area (Å²) < 4.78 is 0. The van der Waals surface area contributed by atoms with Crippen molar-refractivity contribution in [2.75, 3.05) is 68.7 Å².